The van der Waals surface area contributed by atoms with E-state index in [1.165, 1.54) is 26.2 Å². The number of hydrogen-bond donors (Lipinski definition) is 0. The Balaban J connectivity index is 0.00000280. The van der Waals surface area contributed by atoms with E-state index in [9.17, 15) is 4.79 Å². The SMILES string of the molecule is CC[N+](CC)(CC)CCCOCc1ccc2sc3ccccc3c(=O)c2c1.[Cl-]. The number of hydrogen-bond acceptors (Lipinski definition) is 3. The molecular weight excluding hydrogens is 390 g/mol. The van der Waals surface area contributed by atoms with E-state index in [4.69, 9.17) is 4.74 Å². The predicted octanol–water partition coefficient (Wildman–Crippen LogP) is 2.20. The van der Waals surface area contributed by atoms with Crippen LogP contribution < -0.4 is 17.8 Å². The Morgan fingerprint density at radius 3 is 2.32 bits per heavy atom. The summed E-state index contributed by atoms with van der Waals surface area (Å²) in [4.78, 5) is 12.8. The summed E-state index contributed by atoms with van der Waals surface area (Å²) in [6.07, 6.45) is 1.07. The monoisotopic (exact) mass is 419 g/mol. The molecule has 1 heterocycles. The molecular formula is C23H30ClNO2S. The zero-order valence-electron chi connectivity index (χ0n) is 17.0. The smallest absolute Gasteiger partial charge is 0.195 e. The van der Waals surface area contributed by atoms with E-state index in [1.54, 1.807) is 11.3 Å². The normalized spacial score (nSPS) is 11.7. The minimum Gasteiger partial charge on any atom is -1.00 e. The van der Waals surface area contributed by atoms with E-state index in [-0.39, 0.29) is 17.8 Å². The number of halogens is 1. The number of ether oxygens (including phenoxy) is 1. The molecule has 3 rings (SSSR count). The fourth-order valence-corrected chi connectivity index (χ4v) is 4.83. The molecule has 5 heteroatoms. The van der Waals surface area contributed by atoms with E-state index in [1.807, 2.05) is 30.3 Å². The molecule has 3 nitrogen and oxygen atoms in total. The number of fused-ring (bicyclic) bond motifs is 2. The van der Waals surface area contributed by atoms with Gasteiger partial charge in [0.25, 0.3) is 0 Å². The number of nitrogens with zero attached hydrogens (tertiary/aromatic N) is 1. The Bertz CT molecular complexity index is 957. The van der Waals surface area contributed by atoms with Crippen molar-refractivity contribution >= 4 is 31.5 Å². The van der Waals surface area contributed by atoms with Crippen LogP contribution in [0.25, 0.3) is 20.2 Å². The van der Waals surface area contributed by atoms with Gasteiger partial charge in [-0.05, 0) is 50.6 Å². The molecule has 1 aromatic heterocycles. The van der Waals surface area contributed by atoms with Crippen molar-refractivity contribution in [2.24, 2.45) is 0 Å². The molecule has 152 valence electrons. The molecule has 0 spiro atoms. The molecule has 0 saturated carbocycles. The first-order chi connectivity index (χ1) is 13.1. The van der Waals surface area contributed by atoms with Crippen molar-refractivity contribution < 1.29 is 21.6 Å². The quantitative estimate of drug-likeness (QED) is 0.302. The summed E-state index contributed by atoms with van der Waals surface area (Å²) in [5.41, 5.74) is 1.20. The molecule has 0 fully saturated rings. The second-order valence-corrected chi connectivity index (χ2v) is 8.26. The van der Waals surface area contributed by atoms with Crippen LogP contribution in [0.4, 0.5) is 0 Å². The van der Waals surface area contributed by atoms with Crippen LogP contribution in [-0.4, -0.2) is 37.3 Å². The molecule has 28 heavy (non-hydrogen) atoms. The minimum atomic E-state index is 0. The maximum atomic E-state index is 12.8. The van der Waals surface area contributed by atoms with Gasteiger partial charge in [-0.25, -0.2) is 0 Å². The Kier molecular flexibility index (Phi) is 8.44. The van der Waals surface area contributed by atoms with Gasteiger partial charge in [0.05, 0.1) is 39.4 Å². The Morgan fingerprint density at radius 2 is 1.61 bits per heavy atom. The summed E-state index contributed by atoms with van der Waals surface area (Å²) < 4.78 is 9.16. The average molecular weight is 420 g/mol. The molecule has 0 radical (unpaired) electrons. The summed E-state index contributed by atoms with van der Waals surface area (Å²) in [7, 11) is 0. The maximum Gasteiger partial charge on any atom is 0.195 e. The van der Waals surface area contributed by atoms with E-state index < -0.39 is 0 Å². The van der Waals surface area contributed by atoms with Gasteiger partial charge in [0.15, 0.2) is 5.43 Å². The third-order valence-corrected chi connectivity index (χ3v) is 6.99. The van der Waals surface area contributed by atoms with E-state index in [0.29, 0.717) is 6.61 Å². The molecule has 0 aliphatic heterocycles. The zero-order chi connectivity index (χ0) is 19.3. The van der Waals surface area contributed by atoms with Crippen molar-refractivity contribution in [1.82, 2.24) is 0 Å². The molecule has 0 bridgehead atoms. The topological polar surface area (TPSA) is 26.3 Å². The third kappa shape index (κ3) is 4.93. The van der Waals surface area contributed by atoms with Crippen molar-refractivity contribution in [1.29, 1.82) is 0 Å². The van der Waals surface area contributed by atoms with Gasteiger partial charge in [-0.2, -0.15) is 0 Å². The molecule has 0 atom stereocenters. The van der Waals surface area contributed by atoms with Gasteiger partial charge in [0.1, 0.15) is 0 Å². The summed E-state index contributed by atoms with van der Waals surface area (Å²) in [5, 5.41) is 1.61. The third-order valence-electron chi connectivity index (χ3n) is 5.84. The summed E-state index contributed by atoms with van der Waals surface area (Å²) in [6, 6.07) is 14.0. The van der Waals surface area contributed by atoms with Crippen molar-refractivity contribution in [3.63, 3.8) is 0 Å². The van der Waals surface area contributed by atoms with Crippen LogP contribution in [0.3, 0.4) is 0 Å². The van der Waals surface area contributed by atoms with Crippen LogP contribution in [0.15, 0.2) is 47.3 Å². The molecule has 0 saturated heterocycles. The molecule has 0 N–H and O–H groups in total. The number of rotatable bonds is 9. The van der Waals surface area contributed by atoms with Crippen molar-refractivity contribution in [3.05, 3.63) is 58.3 Å². The van der Waals surface area contributed by atoms with E-state index in [2.05, 4.69) is 32.9 Å². The Labute approximate surface area is 177 Å². The van der Waals surface area contributed by atoms with Crippen molar-refractivity contribution in [2.45, 2.75) is 33.8 Å². The summed E-state index contributed by atoms with van der Waals surface area (Å²) in [6.45, 7) is 12.9. The maximum absolute atomic E-state index is 12.8. The van der Waals surface area contributed by atoms with Crippen LogP contribution in [0.2, 0.25) is 0 Å². The fourth-order valence-electron chi connectivity index (χ4n) is 3.78. The lowest BCUT2D eigenvalue weighted by molar-refractivity contribution is -0.923. The Hall–Kier alpha value is -1.46. The number of quaternary nitrogens is 1. The van der Waals surface area contributed by atoms with E-state index >= 15 is 0 Å². The van der Waals surface area contributed by atoms with Crippen LogP contribution in [-0.2, 0) is 11.3 Å². The largest absolute Gasteiger partial charge is 1.00 e. The van der Waals surface area contributed by atoms with Gasteiger partial charge in [-0.1, -0.05) is 18.2 Å². The highest BCUT2D eigenvalue weighted by atomic mass is 35.5. The second-order valence-electron chi connectivity index (χ2n) is 7.18. The lowest BCUT2D eigenvalue weighted by Crippen LogP contribution is -3.00. The highest BCUT2D eigenvalue weighted by molar-refractivity contribution is 7.24. The molecule has 0 unspecified atom stereocenters. The molecule has 0 amide bonds. The van der Waals surface area contributed by atoms with Crippen LogP contribution in [0.5, 0.6) is 0 Å². The number of benzene rings is 2. The molecule has 0 aliphatic carbocycles. The highest BCUT2D eigenvalue weighted by Gasteiger charge is 2.19. The first-order valence-corrected chi connectivity index (χ1v) is 10.8. The van der Waals surface area contributed by atoms with Crippen molar-refractivity contribution in [2.75, 3.05) is 32.8 Å². The highest BCUT2D eigenvalue weighted by Crippen LogP contribution is 2.25. The van der Waals surface area contributed by atoms with Gasteiger partial charge < -0.3 is 21.6 Å². The first-order valence-electron chi connectivity index (χ1n) is 9.99. The zero-order valence-corrected chi connectivity index (χ0v) is 18.6. The second kappa shape index (κ2) is 10.4. The average Bonchev–Trinajstić information content (AvgIpc) is 2.72. The van der Waals surface area contributed by atoms with Crippen LogP contribution in [0.1, 0.15) is 32.8 Å². The first kappa shape index (κ1) is 22.8. The molecule has 0 aliphatic rings. The Morgan fingerprint density at radius 1 is 0.929 bits per heavy atom. The van der Waals surface area contributed by atoms with Gasteiger partial charge >= 0.3 is 0 Å². The van der Waals surface area contributed by atoms with Gasteiger partial charge in [0.2, 0.25) is 0 Å². The lowest BCUT2D eigenvalue weighted by Gasteiger charge is -2.35. The fraction of sp³-hybridized carbons (Fsp3) is 0.435. The van der Waals surface area contributed by atoms with Gasteiger partial charge in [-0.3, -0.25) is 4.79 Å². The van der Waals surface area contributed by atoms with Crippen LogP contribution >= 0.6 is 11.3 Å². The summed E-state index contributed by atoms with van der Waals surface area (Å²) >= 11 is 1.67. The standard InChI is InChI=1S/C23H30NO2S.ClH/c1-4-24(5-2,6-3)14-9-15-26-17-18-12-13-22-20(16-18)23(25)19-10-7-8-11-21(19)27-22;/h7-8,10-13,16H,4-6,9,14-15,17H2,1-3H3;1H/q+1;/p-1. The van der Waals surface area contributed by atoms with Crippen LogP contribution in [0, 0.1) is 0 Å². The molecule has 2 aromatic carbocycles. The lowest BCUT2D eigenvalue weighted by atomic mass is 10.1. The molecule has 3 aromatic rings. The van der Waals surface area contributed by atoms with E-state index in [0.717, 1.165) is 43.2 Å². The van der Waals surface area contributed by atoms with Gasteiger partial charge in [0, 0.05) is 26.6 Å². The summed E-state index contributed by atoms with van der Waals surface area (Å²) in [5.74, 6) is 0. The minimum absolute atomic E-state index is 0. The van der Waals surface area contributed by atoms with Crippen molar-refractivity contribution in [3.8, 4) is 0 Å². The predicted molar refractivity (Wildman–Crippen MR) is 117 cm³/mol. The van der Waals surface area contributed by atoms with Gasteiger partial charge in [-0.15, -0.1) is 11.3 Å².